The molecule has 0 aliphatic carbocycles. The van der Waals surface area contributed by atoms with Gasteiger partial charge in [0.25, 0.3) is 0 Å². The monoisotopic (exact) mass is 234 g/mol. The molecular formula is C8H5O3Rb. The van der Waals surface area contributed by atoms with Crippen LogP contribution in [0.3, 0.4) is 0 Å². The van der Waals surface area contributed by atoms with Crippen LogP contribution in [0.5, 0.6) is 0 Å². The van der Waals surface area contributed by atoms with Gasteiger partial charge in [0.2, 0.25) is 0 Å². The van der Waals surface area contributed by atoms with Gasteiger partial charge in [-0.05, 0) is 5.56 Å². The van der Waals surface area contributed by atoms with Crippen LogP contribution in [0.15, 0.2) is 24.3 Å². The molecule has 0 spiro atoms. The van der Waals surface area contributed by atoms with Crippen molar-refractivity contribution in [2.75, 3.05) is 0 Å². The fourth-order valence-corrected chi connectivity index (χ4v) is 0.698. The number of hydrogen-bond acceptors (Lipinski definition) is 3. The number of carbonyl (C=O) groups excluding carboxylic acids is 2. The summed E-state index contributed by atoms with van der Waals surface area (Å²) in [7, 11) is 0. The third kappa shape index (κ3) is 3.27. The van der Waals surface area contributed by atoms with Crippen molar-refractivity contribution in [1.29, 1.82) is 0 Å². The van der Waals surface area contributed by atoms with Gasteiger partial charge < -0.3 is 9.90 Å². The topological polar surface area (TPSA) is 57.2 Å². The SMILES string of the molecule is O=Cc1ccc(C(=O)[O-])cc1.[Rb+]. The third-order valence-corrected chi connectivity index (χ3v) is 1.28. The van der Waals surface area contributed by atoms with Crippen LogP contribution in [0, 0.1) is 0 Å². The Hall–Kier alpha value is 0.165. The number of hydrogen-bond donors (Lipinski definition) is 0. The minimum Gasteiger partial charge on any atom is -0.545 e. The van der Waals surface area contributed by atoms with Crippen molar-refractivity contribution in [2.24, 2.45) is 0 Å². The molecule has 0 amide bonds. The van der Waals surface area contributed by atoms with E-state index >= 15 is 0 Å². The van der Waals surface area contributed by atoms with E-state index in [0.717, 1.165) is 0 Å². The van der Waals surface area contributed by atoms with Crippen molar-refractivity contribution < 1.29 is 72.9 Å². The van der Waals surface area contributed by atoms with Crippen LogP contribution in [0.4, 0.5) is 0 Å². The maximum Gasteiger partial charge on any atom is 1.00 e. The van der Waals surface area contributed by atoms with Gasteiger partial charge in [-0.1, -0.05) is 24.3 Å². The van der Waals surface area contributed by atoms with Crippen LogP contribution in [0.1, 0.15) is 20.7 Å². The van der Waals surface area contributed by atoms with Gasteiger partial charge in [0, 0.05) is 5.56 Å². The molecule has 0 atom stereocenters. The van der Waals surface area contributed by atoms with E-state index in [1.54, 1.807) is 0 Å². The van der Waals surface area contributed by atoms with E-state index < -0.39 is 5.97 Å². The predicted molar refractivity (Wildman–Crippen MR) is 36.2 cm³/mol. The van der Waals surface area contributed by atoms with Crippen molar-refractivity contribution in [3.8, 4) is 0 Å². The Morgan fingerprint density at radius 3 is 2.08 bits per heavy atom. The number of aromatic carboxylic acids is 1. The van der Waals surface area contributed by atoms with Gasteiger partial charge >= 0.3 is 58.2 Å². The molecule has 0 heterocycles. The van der Waals surface area contributed by atoms with E-state index in [-0.39, 0.29) is 63.8 Å². The molecule has 4 heteroatoms. The summed E-state index contributed by atoms with van der Waals surface area (Å²) in [5.41, 5.74) is 0.533. The van der Waals surface area contributed by atoms with E-state index in [2.05, 4.69) is 0 Å². The zero-order chi connectivity index (χ0) is 8.27. The standard InChI is InChI=1S/C8H6O3.Rb/c9-5-6-1-3-7(4-2-6)8(10)11;/h1-5H,(H,10,11);/q;+1/p-1. The summed E-state index contributed by atoms with van der Waals surface area (Å²) in [6, 6.07) is 5.52. The molecule has 0 aromatic heterocycles. The predicted octanol–water partition coefficient (Wildman–Crippen LogP) is -3.13. The second-order valence-electron chi connectivity index (χ2n) is 2.03. The normalized spacial score (nSPS) is 8.33. The van der Waals surface area contributed by atoms with Gasteiger partial charge in [0.15, 0.2) is 0 Å². The van der Waals surface area contributed by atoms with Crippen LogP contribution in [0.25, 0.3) is 0 Å². The Kier molecular flexibility index (Phi) is 5.83. The summed E-state index contributed by atoms with van der Waals surface area (Å²) in [5, 5.41) is 10.2. The van der Waals surface area contributed by atoms with E-state index in [9.17, 15) is 14.7 Å². The van der Waals surface area contributed by atoms with E-state index in [0.29, 0.717) is 11.8 Å². The van der Waals surface area contributed by atoms with Crippen molar-refractivity contribution in [3.63, 3.8) is 0 Å². The van der Waals surface area contributed by atoms with Gasteiger partial charge in [-0.2, -0.15) is 0 Å². The van der Waals surface area contributed by atoms with E-state index in [1.165, 1.54) is 24.3 Å². The Balaban J connectivity index is 0.00000121. The first-order valence-electron chi connectivity index (χ1n) is 3.00. The minimum atomic E-state index is -1.23. The molecule has 56 valence electrons. The Bertz CT molecular complexity index is 279. The summed E-state index contributed by atoms with van der Waals surface area (Å²) in [4.78, 5) is 20.3. The molecule has 1 rings (SSSR count). The van der Waals surface area contributed by atoms with Gasteiger partial charge in [0.05, 0.1) is 5.97 Å². The Labute approximate surface area is 119 Å². The smallest absolute Gasteiger partial charge is 0.545 e. The summed E-state index contributed by atoms with van der Waals surface area (Å²) >= 11 is 0. The summed E-state index contributed by atoms with van der Waals surface area (Å²) in [6.07, 6.45) is 0.652. The van der Waals surface area contributed by atoms with E-state index in [1.807, 2.05) is 0 Å². The van der Waals surface area contributed by atoms with Gasteiger partial charge in [0.1, 0.15) is 6.29 Å². The second kappa shape index (κ2) is 5.75. The molecule has 3 nitrogen and oxygen atoms in total. The van der Waals surface area contributed by atoms with Gasteiger partial charge in [-0.3, -0.25) is 4.79 Å². The number of carboxylic acid groups (broad SMARTS) is 1. The zero-order valence-electron chi connectivity index (χ0n) is 6.61. The first-order chi connectivity index (χ1) is 5.24. The molecule has 0 aliphatic heterocycles. The minimum absolute atomic E-state index is 0. The van der Waals surface area contributed by atoms with Gasteiger partial charge in [-0.25, -0.2) is 0 Å². The first-order valence-corrected chi connectivity index (χ1v) is 3.00. The molecule has 1 aromatic carbocycles. The number of benzene rings is 1. The molecule has 0 N–H and O–H groups in total. The number of carboxylic acids is 1. The zero-order valence-corrected chi connectivity index (χ0v) is 11.5. The molecular weight excluding hydrogens is 230 g/mol. The summed E-state index contributed by atoms with van der Waals surface area (Å²) in [5.74, 6) is -1.23. The third-order valence-electron chi connectivity index (χ3n) is 1.28. The van der Waals surface area contributed by atoms with Crippen LogP contribution < -0.4 is 63.3 Å². The first kappa shape index (κ1) is 12.2. The molecule has 0 bridgehead atoms. The van der Waals surface area contributed by atoms with E-state index in [4.69, 9.17) is 0 Å². The van der Waals surface area contributed by atoms with Crippen LogP contribution >= 0.6 is 0 Å². The molecule has 1 aromatic rings. The number of rotatable bonds is 2. The average Bonchev–Trinajstić information content (AvgIpc) is 2.05. The summed E-state index contributed by atoms with van der Waals surface area (Å²) in [6.45, 7) is 0. The number of aldehydes is 1. The molecule has 0 saturated carbocycles. The van der Waals surface area contributed by atoms with Crippen molar-refractivity contribution in [3.05, 3.63) is 35.4 Å². The molecule has 0 fully saturated rings. The van der Waals surface area contributed by atoms with Crippen molar-refractivity contribution in [1.82, 2.24) is 0 Å². The molecule has 12 heavy (non-hydrogen) atoms. The van der Waals surface area contributed by atoms with Crippen molar-refractivity contribution >= 4 is 12.3 Å². The maximum absolute atomic E-state index is 10.2. The number of carbonyl (C=O) groups is 2. The largest absolute Gasteiger partial charge is 1.00 e. The molecule has 0 saturated heterocycles. The van der Waals surface area contributed by atoms with Crippen LogP contribution in [-0.2, 0) is 0 Å². The average molecular weight is 235 g/mol. The quantitative estimate of drug-likeness (QED) is 0.509. The van der Waals surface area contributed by atoms with Crippen molar-refractivity contribution in [2.45, 2.75) is 0 Å². The second-order valence-corrected chi connectivity index (χ2v) is 2.03. The molecule has 0 radical (unpaired) electrons. The maximum atomic E-state index is 10.2. The van der Waals surface area contributed by atoms with Gasteiger partial charge in [-0.15, -0.1) is 0 Å². The Morgan fingerprint density at radius 2 is 1.75 bits per heavy atom. The fraction of sp³-hybridized carbons (Fsp3) is 0. The Morgan fingerprint density at radius 1 is 1.25 bits per heavy atom. The van der Waals surface area contributed by atoms with Crippen LogP contribution in [0.2, 0.25) is 0 Å². The fourth-order valence-electron chi connectivity index (χ4n) is 0.698. The summed E-state index contributed by atoms with van der Waals surface area (Å²) < 4.78 is 0. The molecule has 0 aliphatic rings. The molecule has 0 unspecified atom stereocenters. The van der Waals surface area contributed by atoms with Crippen LogP contribution in [-0.4, -0.2) is 12.3 Å².